The van der Waals surface area contributed by atoms with Crippen molar-refractivity contribution in [3.05, 3.63) is 0 Å². The van der Waals surface area contributed by atoms with E-state index in [1.807, 2.05) is 0 Å². The third kappa shape index (κ3) is 4.35. The number of rotatable bonds is 1. The van der Waals surface area contributed by atoms with E-state index in [4.69, 9.17) is 4.74 Å². The summed E-state index contributed by atoms with van der Waals surface area (Å²) in [6.45, 7) is 3.06. The fourth-order valence-corrected chi connectivity index (χ4v) is 1.78. The lowest BCUT2D eigenvalue weighted by Gasteiger charge is -2.26. The Morgan fingerprint density at radius 1 is 1.40 bits per heavy atom. The third-order valence-corrected chi connectivity index (χ3v) is 2.53. The maximum Gasteiger partial charge on any atom is 0.303 e. The van der Waals surface area contributed by atoms with E-state index < -0.39 is 11.7 Å². The molecule has 15 heavy (non-hydrogen) atoms. The van der Waals surface area contributed by atoms with Gasteiger partial charge in [0.2, 0.25) is 0 Å². The van der Waals surface area contributed by atoms with Crippen LogP contribution in [0.1, 0.15) is 46.0 Å². The molecule has 1 aliphatic rings. The van der Waals surface area contributed by atoms with E-state index >= 15 is 0 Å². The highest BCUT2D eigenvalue weighted by molar-refractivity contribution is 5.66. The Morgan fingerprint density at radius 2 is 2.00 bits per heavy atom. The number of aliphatic hydroxyl groups is 1. The first-order chi connectivity index (χ1) is 7.02. The molecule has 0 aliphatic heterocycles. The lowest BCUT2D eigenvalue weighted by molar-refractivity contribution is -0.143. The summed E-state index contributed by atoms with van der Waals surface area (Å²) in [5.74, 6) is 5.27. The molecule has 0 aromatic heterocycles. The topological polar surface area (TPSA) is 46.5 Å². The van der Waals surface area contributed by atoms with Crippen molar-refractivity contribution in [2.45, 2.75) is 57.7 Å². The van der Waals surface area contributed by atoms with Crippen molar-refractivity contribution in [3.63, 3.8) is 0 Å². The molecule has 0 radical (unpaired) electrons. The predicted octanol–water partition coefficient (Wildman–Crippen LogP) is 1.64. The molecule has 0 bridgehead atoms. The summed E-state index contributed by atoms with van der Waals surface area (Å²) in [7, 11) is 0. The average molecular weight is 210 g/mol. The summed E-state index contributed by atoms with van der Waals surface area (Å²) in [6.07, 6.45) is 4.23. The van der Waals surface area contributed by atoms with Crippen LogP contribution in [0, 0.1) is 11.8 Å². The Morgan fingerprint density at radius 3 is 2.53 bits per heavy atom. The molecule has 1 saturated carbocycles. The second kappa shape index (κ2) is 5.18. The molecule has 0 spiro atoms. The van der Waals surface area contributed by atoms with Gasteiger partial charge in [-0.25, -0.2) is 0 Å². The van der Waals surface area contributed by atoms with E-state index in [-0.39, 0.29) is 5.97 Å². The monoisotopic (exact) mass is 210 g/mol. The number of carbonyl (C=O) groups is 1. The SMILES string of the molecule is CC(=O)O[C@@H](C)C#CC1(O)CCCCC1. The summed E-state index contributed by atoms with van der Waals surface area (Å²) in [5, 5.41) is 10.0. The van der Waals surface area contributed by atoms with Gasteiger partial charge in [-0.3, -0.25) is 4.79 Å². The Balaban J connectivity index is 2.51. The van der Waals surface area contributed by atoms with E-state index in [2.05, 4.69) is 11.8 Å². The summed E-state index contributed by atoms with van der Waals surface area (Å²) < 4.78 is 4.86. The maximum absolute atomic E-state index is 10.6. The number of hydrogen-bond acceptors (Lipinski definition) is 3. The van der Waals surface area contributed by atoms with E-state index in [1.165, 1.54) is 13.3 Å². The molecule has 1 atom stereocenters. The fourth-order valence-electron chi connectivity index (χ4n) is 1.78. The smallest absolute Gasteiger partial charge is 0.303 e. The maximum atomic E-state index is 10.6. The minimum Gasteiger partial charge on any atom is -0.450 e. The van der Waals surface area contributed by atoms with Crippen LogP contribution in [0.5, 0.6) is 0 Å². The van der Waals surface area contributed by atoms with E-state index in [0.717, 1.165) is 25.7 Å². The molecular formula is C12H18O3. The summed E-state index contributed by atoms with van der Waals surface area (Å²) >= 11 is 0. The third-order valence-electron chi connectivity index (χ3n) is 2.53. The summed E-state index contributed by atoms with van der Waals surface area (Å²) in [6, 6.07) is 0. The molecule has 0 amide bonds. The number of esters is 1. The Bertz CT molecular complexity index is 279. The van der Waals surface area contributed by atoms with Crippen molar-refractivity contribution in [1.29, 1.82) is 0 Å². The second-order valence-corrected chi connectivity index (χ2v) is 4.11. The average Bonchev–Trinajstić information content (AvgIpc) is 2.15. The standard InChI is InChI=1S/C12H18O3/c1-10(15-11(2)13)6-9-12(14)7-4-3-5-8-12/h10,14H,3-5,7-8H2,1-2H3/t10-/m0/s1. The van der Waals surface area contributed by atoms with Gasteiger partial charge < -0.3 is 9.84 Å². The first-order valence-electron chi connectivity index (χ1n) is 5.44. The normalized spacial score (nSPS) is 21.0. The van der Waals surface area contributed by atoms with Gasteiger partial charge in [0.25, 0.3) is 0 Å². The molecule has 0 heterocycles. The van der Waals surface area contributed by atoms with E-state index in [0.29, 0.717) is 0 Å². The van der Waals surface area contributed by atoms with Crippen LogP contribution in [0.25, 0.3) is 0 Å². The van der Waals surface area contributed by atoms with Gasteiger partial charge in [0.15, 0.2) is 6.10 Å². The molecule has 0 aromatic carbocycles. The number of carbonyl (C=O) groups excluding carboxylic acids is 1. The van der Waals surface area contributed by atoms with Crippen molar-refractivity contribution in [2.75, 3.05) is 0 Å². The quantitative estimate of drug-likeness (QED) is 0.528. The van der Waals surface area contributed by atoms with Crippen LogP contribution in [0.2, 0.25) is 0 Å². The molecule has 1 aliphatic carbocycles. The molecule has 84 valence electrons. The van der Waals surface area contributed by atoms with Crippen LogP contribution in [0.15, 0.2) is 0 Å². The molecule has 3 heteroatoms. The van der Waals surface area contributed by atoms with Crippen molar-refractivity contribution in [3.8, 4) is 11.8 Å². The van der Waals surface area contributed by atoms with Crippen molar-refractivity contribution in [1.82, 2.24) is 0 Å². The zero-order chi connectivity index (χ0) is 11.3. The van der Waals surface area contributed by atoms with Gasteiger partial charge in [0.05, 0.1) is 0 Å². The minimum atomic E-state index is -0.855. The fraction of sp³-hybridized carbons (Fsp3) is 0.750. The van der Waals surface area contributed by atoms with Crippen LogP contribution in [-0.4, -0.2) is 22.8 Å². The van der Waals surface area contributed by atoms with Gasteiger partial charge in [0.1, 0.15) is 5.60 Å². The first-order valence-corrected chi connectivity index (χ1v) is 5.44. The van der Waals surface area contributed by atoms with E-state index in [1.54, 1.807) is 6.92 Å². The lowest BCUT2D eigenvalue weighted by atomic mass is 9.85. The Labute approximate surface area is 90.8 Å². The van der Waals surface area contributed by atoms with Gasteiger partial charge in [-0.05, 0) is 32.6 Å². The van der Waals surface area contributed by atoms with Gasteiger partial charge in [-0.15, -0.1) is 0 Å². The summed E-state index contributed by atoms with van der Waals surface area (Å²) in [4.78, 5) is 10.6. The van der Waals surface area contributed by atoms with Gasteiger partial charge in [-0.1, -0.05) is 18.3 Å². The number of ether oxygens (including phenoxy) is 1. The molecule has 1 rings (SSSR count). The highest BCUT2D eigenvalue weighted by atomic mass is 16.5. The molecule has 1 fully saturated rings. The second-order valence-electron chi connectivity index (χ2n) is 4.11. The molecule has 1 N–H and O–H groups in total. The van der Waals surface area contributed by atoms with Crippen LogP contribution in [-0.2, 0) is 9.53 Å². The van der Waals surface area contributed by atoms with Crippen LogP contribution >= 0.6 is 0 Å². The Kier molecular flexibility index (Phi) is 4.16. The zero-order valence-corrected chi connectivity index (χ0v) is 9.38. The van der Waals surface area contributed by atoms with Crippen molar-refractivity contribution >= 4 is 5.97 Å². The largest absolute Gasteiger partial charge is 0.450 e. The van der Waals surface area contributed by atoms with Crippen LogP contribution in [0.4, 0.5) is 0 Å². The van der Waals surface area contributed by atoms with E-state index in [9.17, 15) is 9.90 Å². The molecular weight excluding hydrogens is 192 g/mol. The van der Waals surface area contributed by atoms with Crippen molar-refractivity contribution < 1.29 is 14.6 Å². The first kappa shape index (κ1) is 12.1. The molecule has 3 nitrogen and oxygen atoms in total. The minimum absolute atomic E-state index is 0.340. The Hall–Kier alpha value is -1.01. The molecule has 0 unspecified atom stereocenters. The van der Waals surface area contributed by atoms with Crippen LogP contribution < -0.4 is 0 Å². The van der Waals surface area contributed by atoms with Gasteiger partial charge >= 0.3 is 5.97 Å². The van der Waals surface area contributed by atoms with Crippen molar-refractivity contribution in [2.24, 2.45) is 0 Å². The highest BCUT2D eigenvalue weighted by Gasteiger charge is 2.26. The lowest BCUT2D eigenvalue weighted by Crippen LogP contribution is -2.29. The zero-order valence-electron chi connectivity index (χ0n) is 9.38. The predicted molar refractivity (Wildman–Crippen MR) is 57.0 cm³/mol. The molecule has 0 saturated heterocycles. The number of hydrogen-bond donors (Lipinski definition) is 1. The molecule has 0 aromatic rings. The van der Waals surface area contributed by atoms with Gasteiger partial charge in [0, 0.05) is 6.92 Å². The van der Waals surface area contributed by atoms with Crippen LogP contribution in [0.3, 0.4) is 0 Å². The van der Waals surface area contributed by atoms with Gasteiger partial charge in [-0.2, -0.15) is 0 Å². The summed E-state index contributed by atoms with van der Waals surface area (Å²) in [5.41, 5.74) is -0.855. The highest BCUT2D eigenvalue weighted by Crippen LogP contribution is 2.27.